The number of anilines is 1. The van der Waals surface area contributed by atoms with Gasteiger partial charge in [0.1, 0.15) is 5.56 Å². The molecule has 0 radical (unpaired) electrons. The van der Waals surface area contributed by atoms with Crippen LogP contribution in [-0.4, -0.2) is 33.3 Å². The van der Waals surface area contributed by atoms with Gasteiger partial charge >= 0.3 is 11.9 Å². The number of carbonyl (C=O) groups excluding carboxylic acids is 2. The molecule has 0 aliphatic carbocycles. The van der Waals surface area contributed by atoms with Crippen LogP contribution in [0.25, 0.3) is 0 Å². The summed E-state index contributed by atoms with van der Waals surface area (Å²) in [6.07, 6.45) is -0.661. The van der Waals surface area contributed by atoms with E-state index in [1.165, 1.54) is 21.3 Å². The highest BCUT2D eigenvalue weighted by molar-refractivity contribution is 5.98. The molecule has 0 spiro atoms. The fourth-order valence-electron chi connectivity index (χ4n) is 2.68. The van der Waals surface area contributed by atoms with Crippen molar-refractivity contribution in [3.63, 3.8) is 0 Å². The lowest BCUT2D eigenvalue weighted by atomic mass is 10.1. The van der Waals surface area contributed by atoms with E-state index < -0.39 is 18.2 Å². The standard InChI is InChI=1S/C18H17NO6/c1-22-13-9-8-12-14(15(13)23-2)18(21)25-16(12)19-11-6-4-10(5-7-11)17(20)24-3/h4-9,16,19H,1-3H3/t16-/m0/s1. The first-order chi connectivity index (χ1) is 12.1. The van der Waals surface area contributed by atoms with E-state index in [9.17, 15) is 9.59 Å². The number of esters is 2. The van der Waals surface area contributed by atoms with Crippen LogP contribution in [0.5, 0.6) is 11.5 Å². The zero-order chi connectivity index (χ0) is 18.0. The number of benzene rings is 2. The Morgan fingerprint density at radius 2 is 1.76 bits per heavy atom. The number of ether oxygens (including phenoxy) is 4. The van der Waals surface area contributed by atoms with Crippen LogP contribution in [0, 0.1) is 0 Å². The second-order valence-electron chi connectivity index (χ2n) is 5.26. The number of nitrogens with one attached hydrogen (secondary N) is 1. The highest BCUT2D eigenvalue weighted by Gasteiger charge is 2.35. The van der Waals surface area contributed by atoms with Crippen LogP contribution in [0.2, 0.25) is 0 Å². The Kier molecular flexibility index (Phi) is 4.47. The van der Waals surface area contributed by atoms with E-state index in [1.807, 2.05) is 0 Å². The van der Waals surface area contributed by atoms with Gasteiger partial charge in [-0.1, -0.05) is 0 Å². The first kappa shape index (κ1) is 16.6. The number of rotatable bonds is 5. The van der Waals surface area contributed by atoms with Crippen molar-refractivity contribution in [1.82, 2.24) is 0 Å². The Bertz CT molecular complexity index is 815. The molecule has 7 heteroatoms. The monoisotopic (exact) mass is 343 g/mol. The summed E-state index contributed by atoms with van der Waals surface area (Å²) in [4.78, 5) is 23.7. The molecule has 3 rings (SSSR count). The smallest absolute Gasteiger partial charge is 0.344 e. The van der Waals surface area contributed by atoms with Crippen molar-refractivity contribution in [2.24, 2.45) is 0 Å². The average molecular weight is 343 g/mol. The van der Waals surface area contributed by atoms with Gasteiger partial charge in [0.2, 0.25) is 6.23 Å². The van der Waals surface area contributed by atoms with E-state index in [4.69, 9.17) is 14.2 Å². The Labute approximate surface area is 144 Å². The minimum absolute atomic E-state index is 0.338. The minimum atomic E-state index is -0.661. The fourth-order valence-corrected chi connectivity index (χ4v) is 2.68. The van der Waals surface area contributed by atoms with E-state index in [2.05, 4.69) is 10.1 Å². The molecule has 2 aromatic carbocycles. The van der Waals surface area contributed by atoms with Crippen molar-refractivity contribution in [2.75, 3.05) is 26.6 Å². The normalized spacial score (nSPS) is 15.2. The number of fused-ring (bicyclic) bond motifs is 1. The number of carbonyl (C=O) groups is 2. The fraction of sp³-hybridized carbons (Fsp3) is 0.222. The van der Waals surface area contributed by atoms with E-state index in [-0.39, 0.29) is 0 Å². The first-order valence-corrected chi connectivity index (χ1v) is 7.49. The predicted octanol–water partition coefficient (Wildman–Crippen LogP) is 2.77. The molecule has 130 valence electrons. The number of hydrogen-bond donors (Lipinski definition) is 1. The summed E-state index contributed by atoms with van der Waals surface area (Å²) >= 11 is 0. The zero-order valence-electron chi connectivity index (χ0n) is 14.0. The SMILES string of the molecule is COC(=O)c1ccc(N[C@H]2OC(=O)c3c2ccc(OC)c3OC)cc1. The van der Waals surface area contributed by atoms with Crippen molar-refractivity contribution < 1.29 is 28.5 Å². The third kappa shape index (κ3) is 2.96. The summed E-state index contributed by atoms with van der Waals surface area (Å²) in [5.74, 6) is -0.105. The molecule has 1 aliphatic heterocycles. The van der Waals surface area contributed by atoms with E-state index in [1.54, 1.807) is 36.4 Å². The summed E-state index contributed by atoms with van der Waals surface area (Å²) in [6.45, 7) is 0. The van der Waals surface area contributed by atoms with Crippen molar-refractivity contribution in [3.8, 4) is 11.5 Å². The molecule has 0 bridgehead atoms. The van der Waals surface area contributed by atoms with Crippen molar-refractivity contribution in [3.05, 3.63) is 53.1 Å². The van der Waals surface area contributed by atoms with Crippen molar-refractivity contribution in [1.29, 1.82) is 0 Å². The topological polar surface area (TPSA) is 83.1 Å². The quantitative estimate of drug-likeness (QED) is 0.836. The second kappa shape index (κ2) is 6.72. The molecule has 7 nitrogen and oxygen atoms in total. The van der Waals surface area contributed by atoms with Crippen LogP contribution >= 0.6 is 0 Å². The highest BCUT2D eigenvalue weighted by atomic mass is 16.6. The van der Waals surface area contributed by atoms with Gasteiger partial charge in [0.05, 0.1) is 26.9 Å². The molecule has 0 saturated heterocycles. The van der Waals surface area contributed by atoms with Gasteiger partial charge in [-0.3, -0.25) is 0 Å². The van der Waals surface area contributed by atoms with Gasteiger partial charge in [0.15, 0.2) is 11.5 Å². The third-order valence-electron chi connectivity index (χ3n) is 3.89. The third-order valence-corrected chi connectivity index (χ3v) is 3.89. The molecule has 1 heterocycles. The van der Waals surface area contributed by atoms with E-state index >= 15 is 0 Å². The summed E-state index contributed by atoms with van der Waals surface area (Å²) in [7, 11) is 4.30. The Morgan fingerprint density at radius 1 is 1.04 bits per heavy atom. The maximum Gasteiger partial charge on any atom is 0.344 e. The maximum absolute atomic E-state index is 12.2. The number of methoxy groups -OCH3 is 3. The van der Waals surface area contributed by atoms with Crippen LogP contribution < -0.4 is 14.8 Å². The van der Waals surface area contributed by atoms with Crippen LogP contribution in [0.1, 0.15) is 32.5 Å². The average Bonchev–Trinajstić information content (AvgIpc) is 2.96. The summed E-state index contributed by atoms with van der Waals surface area (Å²) < 4.78 is 20.6. The molecular weight excluding hydrogens is 326 g/mol. The molecule has 1 aliphatic rings. The van der Waals surface area contributed by atoms with Gasteiger partial charge in [-0.15, -0.1) is 0 Å². The van der Waals surface area contributed by atoms with Gasteiger partial charge in [-0.05, 0) is 36.4 Å². The van der Waals surface area contributed by atoms with E-state index in [0.29, 0.717) is 33.9 Å². The summed E-state index contributed by atoms with van der Waals surface area (Å²) in [5, 5.41) is 3.11. The van der Waals surface area contributed by atoms with Crippen LogP contribution in [-0.2, 0) is 9.47 Å². The zero-order valence-corrected chi connectivity index (χ0v) is 14.0. The van der Waals surface area contributed by atoms with E-state index in [0.717, 1.165) is 0 Å². The van der Waals surface area contributed by atoms with Crippen molar-refractivity contribution in [2.45, 2.75) is 6.23 Å². The van der Waals surface area contributed by atoms with Gasteiger partial charge in [0.25, 0.3) is 0 Å². The molecule has 0 unspecified atom stereocenters. The van der Waals surface area contributed by atoms with Crippen LogP contribution in [0.3, 0.4) is 0 Å². The lowest BCUT2D eigenvalue weighted by Gasteiger charge is -2.15. The Balaban J connectivity index is 1.87. The van der Waals surface area contributed by atoms with Gasteiger partial charge < -0.3 is 24.3 Å². The lowest BCUT2D eigenvalue weighted by molar-refractivity contribution is 0.0434. The molecule has 1 N–H and O–H groups in total. The Morgan fingerprint density at radius 3 is 2.36 bits per heavy atom. The summed E-state index contributed by atoms with van der Waals surface area (Å²) in [6, 6.07) is 10.1. The van der Waals surface area contributed by atoms with Gasteiger partial charge in [-0.25, -0.2) is 9.59 Å². The molecule has 25 heavy (non-hydrogen) atoms. The highest BCUT2D eigenvalue weighted by Crippen LogP contribution is 2.42. The maximum atomic E-state index is 12.2. The van der Waals surface area contributed by atoms with Crippen LogP contribution in [0.15, 0.2) is 36.4 Å². The molecule has 1 atom stereocenters. The molecular formula is C18H17NO6. The molecule has 0 fully saturated rings. The molecule has 0 amide bonds. The molecule has 0 aromatic heterocycles. The molecule has 2 aromatic rings. The molecule has 0 saturated carbocycles. The Hall–Kier alpha value is -3.22. The second-order valence-corrected chi connectivity index (χ2v) is 5.26. The summed E-state index contributed by atoms with van der Waals surface area (Å²) in [5.41, 5.74) is 2.11. The predicted molar refractivity (Wildman–Crippen MR) is 89.1 cm³/mol. The number of cyclic esters (lactones) is 1. The first-order valence-electron chi connectivity index (χ1n) is 7.49. The minimum Gasteiger partial charge on any atom is -0.493 e. The lowest BCUT2D eigenvalue weighted by Crippen LogP contribution is -2.10. The van der Waals surface area contributed by atoms with Crippen LogP contribution in [0.4, 0.5) is 5.69 Å². The largest absolute Gasteiger partial charge is 0.493 e. The van der Waals surface area contributed by atoms with Gasteiger partial charge in [-0.2, -0.15) is 0 Å². The van der Waals surface area contributed by atoms with Gasteiger partial charge in [0, 0.05) is 11.3 Å². The number of hydrogen-bond acceptors (Lipinski definition) is 7. The van der Waals surface area contributed by atoms with Crippen molar-refractivity contribution >= 4 is 17.6 Å².